The van der Waals surface area contributed by atoms with Crippen LogP contribution in [0.3, 0.4) is 0 Å². The monoisotopic (exact) mass is 557 g/mol. The zero-order valence-electron chi connectivity index (χ0n) is 21.6. The maximum absolute atomic E-state index is 14.0. The van der Waals surface area contributed by atoms with Crippen molar-refractivity contribution in [1.29, 1.82) is 0 Å². The summed E-state index contributed by atoms with van der Waals surface area (Å²) in [6.45, 7) is -1.03. The average molecular weight is 558 g/mol. The highest BCUT2D eigenvalue weighted by Crippen LogP contribution is 2.25. The predicted octanol–water partition coefficient (Wildman–Crippen LogP) is 5.28. The summed E-state index contributed by atoms with van der Waals surface area (Å²) in [4.78, 5) is 26.8. The molecule has 6 rings (SSSR count). The SMILES string of the molecule is Cn1cc2cc(-c3nc4cnc(NCC(F)(F)F)nc4n(-c4cccc(OCc5ccccc5)c4)c3=O)ccc2n1. The van der Waals surface area contributed by atoms with Gasteiger partial charge in [0.1, 0.15) is 30.1 Å². The number of benzene rings is 3. The summed E-state index contributed by atoms with van der Waals surface area (Å²) in [7, 11) is 1.80. The summed E-state index contributed by atoms with van der Waals surface area (Å²) in [6.07, 6.45) is -1.36. The van der Waals surface area contributed by atoms with Crippen molar-refractivity contribution >= 4 is 28.0 Å². The molecule has 1 N–H and O–H groups in total. The molecule has 0 fully saturated rings. The highest BCUT2D eigenvalue weighted by atomic mass is 19.4. The molecule has 0 amide bonds. The predicted molar refractivity (Wildman–Crippen MR) is 148 cm³/mol. The number of fused-ring (bicyclic) bond motifs is 2. The van der Waals surface area contributed by atoms with Gasteiger partial charge in [-0.25, -0.2) is 9.97 Å². The number of nitrogens with one attached hydrogen (secondary N) is 1. The third kappa shape index (κ3) is 5.57. The fourth-order valence-electron chi connectivity index (χ4n) is 4.42. The van der Waals surface area contributed by atoms with Gasteiger partial charge in [0, 0.05) is 30.3 Å². The van der Waals surface area contributed by atoms with Gasteiger partial charge >= 0.3 is 6.18 Å². The Balaban J connectivity index is 1.48. The van der Waals surface area contributed by atoms with E-state index in [0.29, 0.717) is 23.6 Å². The molecule has 12 heteroatoms. The number of nitrogens with zero attached hydrogens (tertiary/aromatic N) is 6. The van der Waals surface area contributed by atoms with Crippen molar-refractivity contribution in [2.24, 2.45) is 7.05 Å². The smallest absolute Gasteiger partial charge is 0.405 e. The lowest BCUT2D eigenvalue weighted by Crippen LogP contribution is -2.25. The van der Waals surface area contributed by atoms with Crippen LogP contribution in [0.2, 0.25) is 0 Å². The Morgan fingerprint density at radius 2 is 1.78 bits per heavy atom. The zero-order valence-corrected chi connectivity index (χ0v) is 21.6. The molecule has 0 aliphatic heterocycles. The van der Waals surface area contributed by atoms with E-state index in [9.17, 15) is 18.0 Å². The number of hydrogen-bond donors (Lipinski definition) is 1. The van der Waals surface area contributed by atoms with E-state index in [2.05, 4.69) is 25.4 Å². The maximum atomic E-state index is 14.0. The van der Waals surface area contributed by atoms with Gasteiger partial charge in [0.05, 0.1) is 17.4 Å². The first-order valence-corrected chi connectivity index (χ1v) is 12.5. The van der Waals surface area contributed by atoms with Gasteiger partial charge in [-0.2, -0.15) is 23.3 Å². The Kier molecular flexibility index (Phi) is 6.58. The molecule has 0 aliphatic rings. The number of aryl methyl sites for hydroxylation is 1. The molecule has 6 aromatic rings. The second kappa shape index (κ2) is 10.4. The quantitative estimate of drug-likeness (QED) is 0.285. The number of hydrogen-bond acceptors (Lipinski definition) is 7. The standard InChI is InChI=1S/C29H22F3N7O2/c1-38-15-20-12-19(10-11-23(20)37-38)25-27(40)39(26-24(35-25)14-33-28(36-26)34-17-29(30,31)32)21-8-5-9-22(13-21)41-16-18-6-3-2-4-7-18/h2-15H,16-17H2,1H3,(H,33,34,36). The molecule has 3 aromatic heterocycles. The Morgan fingerprint density at radius 3 is 2.59 bits per heavy atom. The van der Waals surface area contributed by atoms with E-state index in [-0.39, 0.29) is 22.8 Å². The minimum atomic E-state index is -4.48. The summed E-state index contributed by atoms with van der Waals surface area (Å²) < 4.78 is 47.5. The molecular weight excluding hydrogens is 535 g/mol. The van der Waals surface area contributed by atoms with Crippen LogP contribution in [0, 0.1) is 0 Å². The molecule has 9 nitrogen and oxygen atoms in total. The van der Waals surface area contributed by atoms with Gasteiger partial charge in [-0.1, -0.05) is 42.5 Å². The van der Waals surface area contributed by atoms with Gasteiger partial charge in [0.2, 0.25) is 5.95 Å². The minimum absolute atomic E-state index is 0.0427. The van der Waals surface area contributed by atoms with Gasteiger partial charge in [-0.05, 0) is 29.8 Å². The molecule has 0 bridgehead atoms. The highest BCUT2D eigenvalue weighted by molar-refractivity contribution is 5.85. The summed E-state index contributed by atoms with van der Waals surface area (Å²) >= 11 is 0. The average Bonchev–Trinajstić information content (AvgIpc) is 3.34. The molecule has 0 unspecified atom stereocenters. The van der Waals surface area contributed by atoms with E-state index < -0.39 is 18.3 Å². The fraction of sp³-hybridized carbons (Fsp3) is 0.138. The lowest BCUT2D eigenvalue weighted by molar-refractivity contribution is -0.115. The normalized spacial score (nSPS) is 11.7. The van der Waals surface area contributed by atoms with Crippen molar-refractivity contribution < 1.29 is 17.9 Å². The van der Waals surface area contributed by atoms with E-state index in [1.54, 1.807) is 48.1 Å². The lowest BCUT2D eigenvalue weighted by atomic mass is 10.1. The topological polar surface area (TPSA) is 99.8 Å². The fourth-order valence-corrected chi connectivity index (χ4v) is 4.42. The third-order valence-corrected chi connectivity index (χ3v) is 6.26. The molecule has 0 atom stereocenters. The molecule has 0 spiro atoms. The van der Waals surface area contributed by atoms with Gasteiger partial charge in [0.15, 0.2) is 5.65 Å². The first-order chi connectivity index (χ1) is 19.7. The van der Waals surface area contributed by atoms with Gasteiger partial charge in [-0.15, -0.1) is 0 Å². The van der Waals surface area contributed by atoms with Crippen LogP contribution in [-0.2, 0) is 13.7 Å². The van der Waals surface area contributed by atoms with Crippen LogP contribution in [0.25, 0.3) is 39.0 Å². The van der Waals surface area contributed by atoms with Crippen LogP contribution >= 0.6 is 0 Å². The largest absolute Gasteiger partial charge is 0.489 e. The van der Waals surface area contributed by atoms with Crippen LogP contribution < -0.4 is 15.6 Å². The number of aromatic nitrogens is 6. The molecule has 41 heavy (non-hydrogen) atoms. The first kappa shape index (κ1) is 26.0. The van der Waals surface area contributed by atoms with E-state index in [1.807, 2.05) is 42.6 Å². The van der Waals surface area contributed by atoms with Gasteiger partial charge < -0.3 is 10.1 Å². The van der Waals surface area contributed by atoms with Crippen LogP contribution in [0.1, 0.15) is 5.56 Å². The first-order valence-electron chi connectivity index (χ1n) is 12.5. The maximum Gasteiger partial charge on any atom is 0.405 e. The minimum Gasteiger partial charge on any atom is -0.489 e. The zero-order chi connectivity index (χ0) is 28.6. The van der Waals surface area contributed by atoms with E-state index in [1.165, 1.54) is 10.8 Å². The van der Waals surface area contributed by atoms with Crippen LogP contribution in [0.5, 0.6) is 5.75 Å². The molecule has 3 heterocycles. The number of ether oxygens (including phenoxy) is 1. The number of alkyl halides is 3. The Morgan fingerprint density at radius 1 is 0.951 bits per heavy atom. The molecular formula is C29H22F3N7O2. The third-order valence-electron chi connectivity index (χ3n) is 6.26. The molecule has 0 aliphatic carbocycles. The van der Waals surface area contributed by atoms with Crippen LogP contribution in [0.4, 0.5) is 19.1 Å². The van der Waals surface area contributed by atoms with E-state index in [0.717, 1.165) is 16.5 Å². The van der Waals surface area contributed by atoms with E-state index >= 15 is 0 Å². The summed E-state index contributed by atoms with van der Waals surface area (Å²) in [5.41, 5.74) is 2.54. The van der Waals surface area contributed by atoms with Crippen LogP contribution in [0.15, 0.2) is 90.0 Å². The second-order valence-corrected chi connectivity index (χ2v) is 9.32. The summed E-state index contributed by atoms with van der Waals surface area (Å²) in [5, 5.41) is 7.36. The molecule has 0 saturated carbocycles. The van der Waals surface area contributed by atoms with Crippen molar-refractivity contribution in [3.63, 3.8) is 0 Å². The summed E-state index contributed by atoms with van der Waals surface area (Å²) in [6, 6.07) is 21.8. The number of anilines is 1. The van der Waals surface area contributed by atoms with Gasteiger partial charge in [-0.3, -0.25) is 14.0 Å². The van der Waals surface area contributed by atoms with Crippen LogP contribution in [-0.4, -0.2) is 42.0 Å². The number of rotatable bonds is 7. The molecule has 206 valence electrons. The molecule has 0 saturated heterocycles. The highest BCUT2D eigenvalue weighted by Gasteiger charge is 2.27. The van der Waals surface area contributed by atoms with Crippen molar-refractivity contribution in [2.45, 2.75) is 12.8 Å². The Bertz CT molecular complexity index is 1940. The van der Waals surface area contributed by atoms with Crippen molar-refractivity contribution in [2.75, 3.05) is 11.9 Å². The summed E-state index contributed by atoms with van der Waals surface area (Å²) in [5.74, 6) is 0.205. The Labute approximate surface area is 230 Å². The Hall–Kier alpha value is -5.26. The molecule has 0 radical (unpaired) electrons. The van der Waals surface area contributed by atoms with Crippen molar-refractivity contribution in [3.05, 3.63) is 101 Å². The molecule has 3 aromatic carbocycles. The lowest BCUT2D eigenvalue weighted by Gasteiger charge is -2.14. The van der Waals surface area contributed by atoms with E-state index in [4.69, 9.17) is 4.74 Å². The van der Waals surface area contributed by atoms with Crippen molar-refractivity contribution in [3.8, 4) is 22.7 Å². The van der Waals surface area contributed by atoms with Crippen molar-refractivity contribution in [1.82, 2.24) is 29.3 Å². The second-order valence-electron chi connectivity index (χ2n) is 9.32. The van der Waals surface area contributed by atoms with Gasteiger partial charge in [0.25, 0.3) is 5.56 Å². The number of halogens is 3.